The Balaban J connectivity index is 1.34. The number of nitrogens with one attached hydrogen (secondary N) is 1. The summed E-state index contributed by atoms with van der Waals surface area (Å²) in [6.07, 6.45) is 2.61. The molecule has 0 saturated carbocycles. The molecule has 5 nitrogen and oxygen atoms in total. The lowest BCUT2D eigenvalue weighted by atomic mass is 10.1. The number of ether oxygens (including phenoxy) is 2. The van der Waals surface area contributed by atoms with E-state index in [1.54, 1.807) is 19.1 Å². The van der Waals surface area contributed by atoms with Gasteiger partial charge in [-0.15, -0.1) is 0 Å². The van der Waals surface area contributed by atoms with Gasteiger partial charge in [0, 0.05) is 19.2 Å². The molecule has 3 rings (SSSR count). The Kier molecular flexibility index (Phi) is 7.87. The highest BCUT2D eigenvalue weighted by atomic mass is 19.1. The van der Waals surface area contributed by atoms with Crippen LogP contribution in [-0.2, 0) is 11.2 Å². The number of carbonyl (C=O) groups is 1. The maximum absolute atomic E-state index is 13.2. The highest BCUT2D eigenvalue weighted by molar-refractivity contribution is 5.80. The summed E-state index contributed by atoms with van der Waals surface area (Å²) in [5.41, 5.74) is 1.12. The molecule has 0 aromatic heterocycles. The van der Waals surface area contributed by atoms with Crippen LogP contribution < -0.4 is 14.8 Å². The van der Waals surface area contributed by atoms with Crippen molar-refractivity contribution in [3.05, 3.63) is 59.9 Å². The Bertz CT molecular complexity index is 776. The van der Waals surface area contributed by atoms with Crippen molar-refractivity contribution in [3.63, 3.8) is 0 Å². The molecule has 1 heterocycles. The van der Waals surface area contributed by atoms with E-state index >= 15 is 0 Å². The minimum Gasteiger partial charge on any atom is -0.492 e. The van der Waals surface area contributed by atoms with Crippen molar-refractivity contribution in [1.82, 2.24) is 10.2 Å². The van der Waals surface area contributed by atoms with Crippen LogP contribution in [0.4, 0.5) is 4.39 Å². The summed E-state index contributed by atoms with van der Waals surface area (Å²) >= 11 is 0. The molecule has 0 unspecified atom stereocenters. The van der Waals surface area contributed by atoms with Crippen LogP contribution in [0.5, 0.6) is 11.5 Å². The van der Waals surface area contributed by atoms with Crippen molar-refractivity contribution in [2.75, 3.05) is 32.8 Å². The molecule has 156 valence electrons. The fourth-order valence-corrected chi connectivity index (χ4v) is 3.32. The van der Waals surface area contributed by atoms with Crippen molar-refractivity contribution in [3.8, 4) is 11.5 Å². The SMILES string of the molecule is C[C@@H](Oc1cccc(F)c1)C(=O)NCCc1ccc(OCCN2CCCC2)cc1. The van der Waals surface area contributed by atoms with Crippen LogP contribution in [0.15, 0.2) is 48.5 Å². The van der Waals surface area contributed by atoms with Gasteiger partial charge in [-0.1, -0.05) is 18.2 Å². The number of nitrogens with zero attached hydrogens (tertiary/aromatic N) is 1. The lowest BCUT2D eigenvalue weighted by molar-refractivity contribution is -0.127. The normalized spacial score (nSPS) is 15.1. The number of hydrogen-bond acceptors (Lipinski definition) is 4. The molecule has 29 heavy (non-hydrogen) atoms. The summed E-state index contributed by atoms with van der Waals surface area (Å²) in [6.45, 7) is 6.20. The van der Waals surface area contributed by atoms with Gasteiger partial charge in [-0.05, 0) is 69.1 Å². The number of rotatable bonds is 10. The van der Waals surface area contributed by atoms with Crippen molar-refractivity contribution >= 4 is 5.91 Å². The van der Waals surface area contributed by atoms with E-state index in [2.05, 4.69) is 10.2 Å². The van der Waals surface area contributed by atoms with Crippen LogP contribution in [0, 0.1) is 5.82 Å². The van der Waals surface area contributed by atoms with Gasteiger partial charge in [0.2, 0.25) is 0 Å². The maximum Gasteiger partial charge on any atom is 0.260 e. The molecule has 1 N–H and O–H groups in total. The average Bonchev–Trinajstić information content (AvgIpc) is 3.22. The van der Waals surface area contributed by atoms with Crippen molar-refractivity contribution in [2.45, 2.75) is 32.3 Å². The molecule has 1 saturated heterocycles. The van der Waals surface area contributed by atoms with Gasteiger partial charge >= 0.3 is 0 Å². The summed E-state index contributed by atoms with van der Waals surface area (Å²) < 4.78 is 24.5. The van der Waals surface area contributed by atoms with E-state index in [-0.39, 0.29) is 5.91 Å². The first-order chi connectivity index (χ1) is 14.1. The Morgan fingerprint density at radius 2 is 1.90 bits per heavy atom. The summed E-state index contributed by atoms with van der Waals surface area (Å²) in [6, 6.07) is 13.7. The largest absolute Gasteiger partial charge is 0.492 e. The van der Waals surface area contributed by atoms with Crippen LogP contribution >= 0.6 is 0 Å². The first-order valence-corrected chi connectivity index (χ1v) is 10.2. The quantitative estimate of drug-likeness (QED) is 0.664. The van der Waals surface area contributed by atoms with Gasteiger partial charge in [-0.3, -0.25) is 9.69 Å². The molecular formula is C23H29FN2O3. The Morgan fingerprint density at radius 1 is 1.14 bits per heavy atom. The molecule has 6 heteroatoms. The average molecular weight is 400 g/mol. The molecule has 0 spiro atoms. The van der Waals surface area contributed by atoms with Gasteiger partial charge in [0.05, 0.1) is 0 Å². The monoisotopic (exact) mass is 400 g/mol. The smallest absolute Gasteiger partial charge is 0.260 e. The Morgan fingerprint density at radius 3 is 2.62 bits per heavy atom. The zero-order valence-corrected chi connectivity index (χ0v) is 16.9. The molecule has 1 amide bonds. The number of halogens is 1. The predicted octanol–water partition coefficient (Wildman–Crippen LogP) is 3.43. The Labute approximate surface area is 171 Å². The van der Waals surface area contributed by atoms with E-state index in [1.807, 2.05) is 24.3 Å². The van der Waals surface area contributed by atoms with Crippen molar-refractivity contribution in [2.24, 2.45) is 0 Å². The standard InChI is InChI=1S/C23H29FN2O3/c1-18(29-22-6-4-5-20(24)17-22)23(27)25-12-11-19-7-9-21(10-8-19)28-16-15-26-13-2-3-14-26/h4-10,17-18H,2-3,11-16H2,1H3,(H,25,27)/t18-/m1/s1. The molecule has 1 fully saturated rings. The zero-order valence-electron chi connectivity index (χ0n) is 16.9. The van der Waals surface area contributed by atoms with Gasteiger partial charge < -0.3 is 14.8 Å². The zero-order chi connectivity index (χ0) is 20.5. The lowest BCUT2D eigenvalue weighted by Crippen LogP contribution is -2.37. The van der Waals surface area contributed by atoms with E-state index in [0.717, 1.165) is 17.9 Å². The Hall–Kier alpha value is -2.60. The summed E-state index contributed by atoms with van der Waals surface area (Å²) in [5, 5.41) is 2.85. The third kappa shape index (κ3) is 7.06. The molecule has 0 bridgehead atoms. The molecule has 2 aromatic carbocycles. The van der Waals surface area contributed by atoms with Gasteiger partial charge in [0.15, 0.2) is 6.10 Å². The number of benzene rings is 2. The van der Waals surface area contributed by atoms with Crippen LogP contribution in [0.2, 0.25) is 0 Å². The highest BCUT2D eigenvalue weighted by Crippen LogP contribution is 2.15. The van der Waals surface area contributed by atoms with Crippen LogP contribution in [0.25, 0.3) is 0 Å². The fraction of sp³-hybridized carbons (Fsp3) is 0.435. The van der Waals surface area contributed by atoms with Crippen LogP contribution in [-0.4, -0.2) is 49.7 Å². The molecule has 0 radical (unpaired) electrons. The van der Waals surface area contributed by atoms with Gasteiger partial charge in [0.1, 0.15) is 23.9 Å². The third-order valence-corrected chi connectivity index (χ3v) is 4.99. The first kappa shape index (κ1) is 21.1. The van der Waals surface area contributed by atoms with E-state index in [0.29, 0.717) is 25.3 Å². The second-order valence-corrected chi connectivity index (χ2v) is 7.30. The van der Waals surface area contributed by atoms with Crippen LogP contribution in [0.3, 0.4) is 0 Å². The highest BCUT2D eigenvalue weighted by Gasteiger charge is 2.14. The minimum atomic E-state index is -0.691. The van der Waals surface area contributed by atoms with Crippen molar-refractivity contribution < 1.29 is 18.7 Å². The molecule has 2 aromatic rings. The van der Waals surface area contributed by atoms with Crippen molar-refractivity contribution in [1.29, 1.82) is 0 Å². The fourth-order valence-electron chi connectivity index (χ4n) is 3.32. The summed E-state index contributed by atoms with van der Waals surface area (Å²) in [4.78, 5) is 14.6. The molecule has 1 aliphatic heterocycles. The second kappa shape index (κ2) is 10.8. The number of hydrogen-bond donors (Lipinski definition) is 1. The number of amides is 1. The third-order valence-electron chi connectivity index (χ3n) is 4.99. The number of carbonyl (C=O) groups excluding carboxylic acids is 1. The minimum absolute atomic E-state index is 0.226. The van der Waals surface area contributed by atoms with Gasteiger partial charge in [-0.2, -0.15) is 0 Å². The second-order valence-electron chi connectivity index (χ2n) is 7.30. The van der Waals surface area contributed by atoms with E-state index < -0.39 is 11.9 Å². The maximum atomic E-state index is 13.2. The van der Waals surface area contributed by atoms with Crippen LogP contribution in [0.1, 0.15) is 25.3 Å². The number of likely N-dealkylation sites (tertiary alicyclic amines) is 1. The van der Waals surface area contributed by atoms with Gasteiger partial charge in [0.25, 0.3) is 5.91 Å². The summed E-state index contributed by atoms with van der Waals surface area (Å²) in [7, 11) is 0. The van der Waals surface area contributed by atoms with E-state index in [4.69, 9.17) is 9.47 Å². The topological polar surface area (TPSA) is 50.8 Å². The van der Waals surface area contributed by atoms with E-state index in [9.17, 15) is 9.18 Å². The summed E-state index contributed by atoms with van der Waals surface area (Å²) in [5.74, 6) is 0.594. The molecule has 0 aliphatic carbocycles. The lowest BCUT2D eigenvalue weighted by Gasteiger charge is -2.15. The van der Waals surface area contributed by atoms with Gasteiger partial charge in [-0.25, -0.2) is 4.39 Å². The predicted molar refractivity (Wildman–Crippen MR) is 111 cm³/mol. The van der Waals surface area contributed by atoms with E-state index in [1.165, 1.54) is 38.1 Å². The first-order valence-electron chi connectivity index (χ1n) is 10.2. The molecule has 1 atom stereocenters. The molecular weight excluding hydrogens is 371 g/mol. The molecule has 1 aliphatic rings.